The van der Waals surface area contributed by atoms with Crippen molar-refractivity contribution < 1.29 is 4.79 Å². The number of nitrogens with zero attached hydrogens (tertiary/aromatic N) is 4. The van der Waals surface area contributed by atoms with Gasteiger partial charge in [-0.05, 0) is 13.8 Å². The number of hydrogen-bond acceptors (Lipinski definition) is 3. The molecule has 0 rings (SSSR count). The molecule has 0 aliphatic heterocycles. The third kappa shape index (κ3) is 3.16. The summed E-state index contributed by atoms with van der Waals surface area (Å²) in [6.07, 6.45) is 0. The topological polar surface area (TPSA) is 30.0 Å². The number of hydrogen-bond donors (Lipinski definition) is 0. The fourth-order valence-electron chi connectivity index (χ4n) is 1.31. The monoisotopic (exact) mass is 202 g/mol. The summed E-state index contributed by atoms with van der Waals surface area (Å²) in [5.41, 5.74) is 0. The highest BCUT2D eigenvalue weighted by atomic mass is 16.2. The molecule has 0 bridgehead atoms. The van der Waals surface area contributed by atoms with Crippen LogP contribution in [0.25, 0.3) is 0 Å². The number of urea groups is 1. The van der Waals surface area contributed by atoms with E-state index in [0.717, 1.165) is 0 Å². The zero-order valence-corrected chi connectivity index (χ0v) is 10.1. The van der Waals surface area contributed by atoms with Crippen molar-refractivity contribution in [1.82, 2.24) is 20.0 Å². The van der Waals surface area contributed by atoms with Gasteiger partial charge in [0.1, 0.15) is 0 Å². The van der Waals surface area contributed by atoms with Gasteiger partial charge in [-0.25, -0.2) is 14.8 Å². The zero-order valence-electron chi connectivity index (χ0n) is 10.1. The van der Waals surface area contributed by atoms with Crippen molar-refractivity contribution in [3.63, 3.8) is 0 Å². The minimum Gasteiger partial charge on any atom is -0.257 e. The van der Waals surface area contributed by atoms with Crippen LogP contribution in [0.1, 0.15) is 13.8 Å². The van der Waals surface area contributed by atoms with Gasteiger partial charge in [0, 0.05) is 41.3 Å². The Labute approximate surface area is 86.8 Å². The summed E-state index contributed by atoms with van der Waals surface area (Å²) < 4.78 is 0. The summed E-state index contributed by atoms with van der Waals surface area (Å²) in [4.78, 5) is 12.0. The normalized spacial score (nSPS) is 10.9. The minimum atomic E-state index is 0.00463. The molecular weight excluding hydrogens is 180 g/mol. The molecule has 0 spiro atoms. The van der Waals surface area contributed by atoms with Gasteiger partial charge >= 0.3 is 6.03 Å². The molecule has 0 aromatic heterocycles. The molecule has 0 saturated carbocycles. The molecule has 5 nitrogen and oxygen atoms in total. The second kappa shape index (κ2) is 5.82. The fourth-order valence-corrected chi connectivity index (χ4v) is 1.31. The Hall–Kier alpha value is -0.810. The van der Waals surface area contributed by atoms with Crippen molar-refractivity contribution in [3.8, 4) is 0 Å². The molecule has 0 heterocycles. The molecule has 2 amide bonds. The predicted octanol–water partition coefficient (Wildman–Crippen LogP) is 0.703. The van der Waals surface area contributed by atoms with E-state index in [2.05, 4.69) is 0 Å². The first-order valence-electron chi connectivity index (χ1n) is 4.89. The van der Waals surface area contributed by atoms with Crippen LogP contribution in [-0.2, 0) is 0 Å². The van der Waals surface area contributed by atoms with Crippen LogP contribution < -0.4 is 0 Å². The van der Waals surface area contributed by atoms with E-state index in [1.807, 2.05) is 42.0 Å². The molecule has 84 valence electrons. The van der Waals surface area contributed by atoms with Gasteiger partial charge in [-0.2, -0.15) is 0 Å². The SMILES string of the molecule is CCN(C(=O)N(CC)N(C)C)N(C)C. The predicted molar refractivity (Wildman–Crippen MR) is 57.5 cm³/mol. The van der Waals surface area contributed by atoms with Gasteiger partial charge < -0.3 is 0 Å². The maximum atomic E-state index is 12.0. The highest BCUT2D eigenvalue weighted by Crippen LogP contribution is 2.01. The summed E-state index contributed by atoms with van der Waals surface area (Å²) in [5.74, 6) is 0. The summed E-state index contributed by atoms with van der Waals surface area (Å²) in [7, 11) is 7.46. The zero-order chi connectivity index (χ0) is 11.3. The van der Waals surface area contributed by atoms with E-state index in [0.29, 0.717) is 13.1 Å². The second-order valence-electron chi connectivity index (χ2n) is 3.41. The van der Waals surface area contributed by atoms with E-state index in [-0.39, 0.29) is 6.03 Å². The molecule has 0 aliphatic carbocycles. The van der Waals surface area contributed by atoms with E-state index in [9.17, 15) is 4.79 Å². The van der Waals surface area contributed by atoms with E-state index in [1.54, 1.807) is 20.0 Å². The van der Waals surface area contributed by atoms with Crippen LogP contribution in [0, 0.1) is 0 Å². The van der Waals surface area contributed by atoms with Gasteiger partial charge in [0.25, 0.3) is 0 Å². The smallest absolute Gasteiger partial charge is 0.257 e. The Morgan fingerprint density at radius 1 is 0.857 bits per heavy atom. The Balaban J connectivity index is 4.54. The lowest BCUT2D eigenvalue weighted by molar-refractivity contribution is -0.00652. The van der Waals surface area contributed by atoms with Crippen molar-refractivity contribution in [2.24, 2.45) is 0 Å². The van der Waals surface area contributed by atoms with Crippen molar-refractivity contribution in [3.05, 3.63) is 0 Å². The molecule has 0 fully saturated rings. The van der Waals surface area contributed by atoms with Crippen molar-refractivity contribution in [2.75, 3.05) is 41.3 Å². The number of rotatable bonds is 4. The second-order valence-corrected chi connectivity index (χ2v) is 3.41. The summed E-state index contributed by atoms with van der Waals surface area (Å²) in [6.45, 7) is 5.27. The summed E-state index contributed by atoms with van der Waals surface area (Å²) >= 11 is 0. The van der Waals surface area contributed by atoms with Crippen LogP contribution in [0.15, 0.2) is 0 Å². The molecule has 14 heavy (non-hydrogen) atoms. The lowest BCUT2D eigenvalue weighted by Crippen LogP contribution is -2.53. The van der Waals surface area contributed by atoms with Gasteiger partial charge in [0.15, 0.2) is 0 Å². The van der Waals surface area contributed by atoms with Crippen molar-refractivity contribution >= 4 is 6.03 Å². The molecule has 0 atom stereocenters. The van der Waals surface area contributed by atoms with Crippen molar-refractivity contribution in [1.29, 1.82) is 0 Å². The van der Waals surface area contributed by atoms with E-state index in [1.165, 1.54) is 0 Å². The molecule has 0 unspecified atom stereocenters. The van der Waals surface area contributed by atoms with E-state index >= 15 is 0 Å². The number of amides is 2. The lowest BCUT2D eigenvalue weighted by atomic mass is 10.6. The highest BCUT2D eigenvalue weighted by Gasteiger charge is 2.21. The summed E-state index contributed by atoms with van der Waals surface area (Å²) in [5, 5.41) is 6.97. The highest BCUT2D eigenvalue weighted by molar-refractivity contribution is 5.73. The number of carbonyl (C=O) groups excluding carboxylic acids is 1. The van der Waals surface area contributed by atoms with E-state index in [4.69, 9.17) is 0 Å². The fraction of sp³-hybridized carbons (Fsp3) is 0.889. The number of carbonyl (C=O) groups is 1. The quantitative estimate of drug-likeness (QED) is 0.629. The Bertz CT molecular complexity index is 164. The summed E-state index contributed by atoms with van der Waals surface area (Å²) in [6, 6.07) is 0.00463. The third-order valence-electron chi connectivity index (χ3n) is 2.01. The Kier molecular flexibility index (Phi) is 5.49. The molecule has 0 saturated heterocycles. The number of hydrazine groups is 2. The third-order valence-corrected chi connectivity index (χ3v) is 2.01. The van der Waals surface area contributed by atoms with Crippen LogP contribution >= 0.6 is 0 Å². The van der Waals surface area contributed by atoms with Gasteiger partial charge in [-0.15, -0.1) is 0 Å². The van der Waals surface area contributed by atoms with Crippen LogP contribution in [0.2, 0.25) is 0 Å². The largest absolute Gasteiger partial charge is 0.348 e. The first-order valence-corrected chi connectivity index (χ1v) is 4.89. The van der Waals surface area contributed by atoms with Crippen LogP contribution in [-0.4, -0.2) is 67.3 Å². The van der Waals surface area contributed by atoms with Gasteiger partial charge in [-0.1, -0.05) is 0 Å². The first kappa shape index (κ1) is 13.2. The Morgan fingerprint density at radius 2 is 1.14 bits per heavy atom. The Morgan fingerprint density at radius 3 is 1.29 bits per heavy atom. The van der Waals surface area contributed by atoms with Crippen LogP contribution in [0.4, 0.5) is 4.79 Å². The van der Waals surface area contributed by atoms with Crippen LogP contribution in [0.3, 0.4) is 0 Å². The lowest BCUT2D eigenvalue weighted by Gasteiger charge is -2.35. The minimum absolute atomic E-state index is 0.00463. The maximum Gasteiger partial charge on any atom is 0.348 e. The van der Waals surface area contributed by atoms with Gasteiger partial charge in [0.2, 0.25) is 0 Å². The van der Waals surface area contributed by atoms with E-state index < -0.39 is 0 Å². The molecule has 0 N–H and O–H groups in total. The average molecular weight is 202 g/mol. The molecule has 0 aliphatic rings. The average Bonchev–Trinajstić information content (AvgIpc) is 2.04. The van der Waals surface area contributed by atoms with Gasteiger partial charge in [-0.3, -0.25) is 10.0 Å². The molecule has 0 aromatic rings. The maximum absolute atomic E-state index is 12.0. The van der Waals surface area contributed by atoms with Crippen LogP contribution in [0.5, 0.6) is 0 Å². The van der Waals surface area contributed by atoms with Gasteiger partial charge in [0.05, 0.1) is 0 Å². The molecule has 0 aromatic carbocycles. The molecule has 0 radical (unpaired) electrons. The molecule has 5 heteroatoms. The first-order chi connectivity index (χ1) is 6.45. The van der Waals surface area contributed by atoms with Crippen molar-refractivity contribution in [2.45, 2.75) is 13.8 Å². The standard InChI is InChI=1S/C9H22N4O/c1-7-12(10(3)4)9(14)13(8-2)11(5)6/h7-8H2,1-6H3. The molecular formula is C9H22N4O.